The molecular formula is C15H13ClN2O. The fraction of sp³-hybridized carbons (Fsp3) is 0.133. The van der Waals surface area contributed by atoms with Crippen LogP contribution in [0.1, 0.15) is 16.7 Å². The van der Waals surface area contributed by atoms with Gasteiger partial charge in [-0.25, -0.2) is 0 Å². The molecule has 2 rings (SSSR count). The molecule has 2 aromatic rings. The van der Waals surface area contributed by atoms with Crippen molar-refractivity contribution < 1.29 is 4.74 Å². The van der Waals surface area contributed by atoms with Gasteiger partial charge in [0.1, 0.15) is 17.6 Å². The number of aryl methyl sites for hydroxylation is 2. The van der Waals surface area contributed by atoms with Crippen LogP contribution in [-0.4, -0.2) is 0 Å². The monoisotopic (exact) mass is 272 g/mol. The average Bonchev–Trinajstić information content (AvgIpc) is 2.35. The van der Waals surface area contributed by atoms with Gasteiger partial charge in [0.25, 0.3) is 0 Å². The van der Waals surface area contributed by atoms with Gasteiger partial charge >= 0.3 is 0 Å². The Morgan fingerprint density at radius 1 is 1.16 bits per heavy atom. The molecule has 4 heteroatoms. The van der Waals surface area contributed by atoms with E-state index in [0.29, 0.717) is 22.0 Å². The summed E-state index contributed by atoms with van der Waals surface area (Å²) in [4.78, 5) is 0. The van der Waals surface area contributed by atoms with E-state index in [1.165, 1.54) is 0 Å². The third-order valence-corrected chi connectivity index (χ3v) is 3.01. The second-order valence-electron chi connectivity index (χ2n) is 4.33. The number of ether oxygens (including phenoxy) is 1. The molecule has 0 saturated heterocycles. The lowest BCUT2D eigenvalue weighted by Crippen LogP contribution is -1.94. The maximum Gasteiger partial charge on any atom is 0.133 e. The van der Waals surface area contributed by atoms with E-state index >= 15 is 0 Å². The highest BCUT2D eigenvalue weighted by Gasteiger charge is 2.08. The zero-order chi connectivity index (χ0) is 14.0. The smallest absolute Gasteiger partial charge is 0.133 e. The van der Waals surface area contributed by atoms with Gasteiger partial charge < -0.3 is 10.5 Å². The first-order valence-corrected chi connectivity index (χ1v) is 6.13. The van der Waals surface area contributed by atoms with E-state index in [4.69, 9.17) is 27.3 Å². The van der Waals surface area contributed by atoms with E-state index in [0.717, 1.165) is 16.9 Å². The molecule has 0 atom stereocenters. The third-order valence-electron chi connectivity index (χ3n) is 2.79. The molecule has 0 aliphatic carbocycles. The van der Waals surface area contributed by atoms with E-state index in [9.17, 15) is 0 Å². The molecule has 0 saturated carbocycles. The largest absolute Gasteiger partial charge is 0.457 e. The molecule has 0 heterocycles. The van der Waals surface area contributed by atoms with Gasteiger partial charge in [-0.15, -0.1) is 0 Å². The van der Waals surface area contributed by atoms with Gasteiger partial charge in [0.15, 0.2) is 0 Å². The SMILES string of the molecule is Cc1cc(Cl)cc(C)c1Oc1ccc(N)c(C#N)c1. The molecule has 0 aliphatic rings. The number of nitriles is 1. The number of nitrogens with zero attached hydrogens (tertiary/aromatic N) is 1. The normalized spacial score (nSPS) is 10.0. The summed E-state index contributed by atoms with van der Waals surface area (Å²) < 4.78 is 5.83. The van der Waals surface area contributed by atoms with Crippen molar-refractivity contribution in [2.45, 2.75) is 13.8 Å². The number of hydrogen-bond acceptors (Lipinski definition) is 3. The molecule has 0 unspecified atom stereocenters. The first kappa shape index (κ1) is 13.3. The van der Waals surface area contributed by atoms with Crippen molar-refractivity contribution in [1.82, 2.24) is 0 Å². The molecule has 0 amide bonds. The van der Waals surface area contributed by atoms with Crippen LogP contribution in [0.2, 0.25) is 5.02 Å². The van der Waals surface area contributed by atoms with Gasteiger partial charge in [0.05, 0.1) is 5.56 Å². The average molecular weight is 273 g/mol. The van der Waals surface area contributed by atoms with Gasteiger partial charge in [0, 0.05) is 16.8 Å². The summed E-state index contributed by atoms with van der Waals surface area (Å²) in [5.41, 5.74) is 8.42. The van der Waals surface area contributed by atoms with Crippen molar-refractivity contribution >= 4 is 17.3 Å². The minimum atomic E-state index is 0.404. The highest BCUT2D eigenvalue weighted by Crippen LogP contribution is 2.32. The molecule has 2 N–H and O–H groups in total. The van der Waals surface area contributed by atoms with E-state index in [1.807, 2.05) is 32.0 Å². The molecule has 0 radical (unpaired) electrons. The number of nitrogens with two attached hydrogens (primary N) is 1. The predicted molar refractivity (Wildman–Crippen MR) is 76.6 cm³/mol. The highest BCUT2D eigenvalue weighted by atomic mass is 35.5. The molecule has 96 valence electrons. The Labute approximate surface area is 117 Å². The minimum absolute atomic E-state index is 0.404. The summed E-state index contributed by atoms with van der Waals surface area (Å²) in [6.07, 6.45) is 0. The maximum atomic E-state index is 8.95. The lowest BCUT2D eigenvalue weighted by Gasteiger charge is -2.12. The number of halogens is 1. The number of benzene rings is 2. The topological polar surface area (TPSA) is 59.0 Å². The first-order valence-electron chi connectivity index (χ1n) is 5.75. The molecule has 0 aromatic heterocycles. The quantitative estimate of drug-likeness (QED) is 0.834. The van der Waals surface area contributed by atoms with Gasteiger partial charge in [-0.05, 0) is 49.2 Å². The van der Waals surface area contributed by atoms with Crippen LogP contribution in [0, 0.1) is 25.2 Å². The molecule has 3 nitrogen and oxygen atoms in total. The molecule has 0 bridgehead atoms. The van der Waals surface area contributed by atoms with Crippen LogP contribution in [-0.2, 0) is 0 Å². The molecule has 0 spiro atoms. The summed E-state index contributed by atoms with van der Waals surface area (Å²) in [6, 6.07) is 10.7. The summed E-state index contributed by atoms with van der Waals surface area (Å²) in [5.74, 6) is 1.33. The fourth-order valence-corrected chi connectivity index (χ4v) is 2.20. The summed E-state index contributed by atoms with van der Waals surface area (Å²) >= 11 is 5.98. The lowest BCUT2D eigenvalue weighted by atomic mass is 10.1. The third kappa shape index (κ3) is 2.81. The Hall–Kier alpha value is -2.18. The molecule has 19 heavy (non-hydrogen) atoms. The van der Waals surface area contributed by atoms with Crippen molar-refractivity contribution in [3.05, 3.63) is 52.0 Å². The zero-order valence-electron chi connectivity index (χ0n) is 10.7. The van der Waals surface area contributed by atoms with Gasteiger partial charge in [-0.3, -0.25) is 0 Å². The van der Waals surface area contributed by atoms with Crippen LogP contribution in [0.4, 0.5) is 5.69 Å². The second kappa shape index (κ2) is 5.21. The molecule has 0 fully saturated rings. The highest BCUT2D eigenvalue weighted by molar-refractivity contribution is 6.30. The number of hydrogen-bond donors (Lipinski definition) is 1. The summed E-state index contributed by atoms with van der Waals surface area (Å²) in [6.45, 7) is 3.85. The second-order valence-corrected chi connectivity index (χ2v) is 4.77. The van der Waals surface area contributed by atoms with Gasteiger partial charge in [-0.2, -0.15) is 5.26 Å². The fourth-order valence-electron chi connectivity index (χ4n) is 1.87. The predicted octanol–water partition coefficient (Wildman–Crippen LogP) is 4.20. The number of nitrogen functional groups attached to an aromatic ring is 1. The Morgan fingerprint density at radius 2 is 1.79 bits per heavy atom. The van der Waals surface area contributed by atoms with E-state index < -0.39 is 0 Å². The van der Waals surface area contributed by atoms with E-state index in [2.05, 4.69) is 0 Å². The van der Waals surface area contributed by atoms with Gasteiger partial charge in [0.2, 0.25) is 0 Å². The Kier molecular flexibility index (Phi) is 3.64. The Balaban J connectivity index is 2.40. The summed E-state index contributed by atoms with van der Waals surface area (Å²) in [5, 5.41) is 9.63. The van der Waals surface area contributed by atoms with E-state index in [-0.39, 0.29) is 0 Å². The van der Waals surface area contributed by atoms with Crippen molar-refractivity contribution in [2.75, 3.05) is 5.73 Å². The van der Waals surface area contributed by atoms with Crippen molar-refractivity contribution in [3.8, 4) is 17.6 Å². The Morgan fingerprint density at radius 3 is 2.37 bits per heavy atom. The summed E-state index contributed by atoms with van der Waals surface area (Å²) in [7, 11) is 0. The van der Waals surface area contributed by atoms with Crippen LogP contribution in [0.3, 0.4) is 0 Å². The maximum absolute atomic E-state index is 8.95. The van der Waals surface area contributed by atoms with Gasteiger partial charge in [-0.1, -0.05) is 11.6 Å². The molecule has 2 aromatic carbocycles. The van der Waals surface area contributed by atoms with Crippen LogP contribution >= 0.6 is 11.6 Å². The van der Waals surface area contributed by atoms with Crippen LogP contribution in [0.25, 0.3) is 0 Å². The van der Waals surface area contributed by atoms with Crippen LogP contribution < -0.4 is 10.5 Å². The molecular weight excluding hydrogens is 260 g/mol. The van der Waals surface area contributed by atoms with Crippen molar-refractivity contribution in [3.63, 3.8) is 0 Å². The number of rotatable bonds is 2. The van der Waals surface area contributed by atoms with Crippen molar-refractivity contribution in [1.29, 1.82) is 5.26 Å². The Bertz CT molecular complexity index is 651. The number of anilines is 1. The lowest BCUT2D eigenvalue weighted by molar-refractivity contribution is 0.475. The van der Waals surface area contributed by atoms with Crippen LogP contribution in [0.5, 0.6) is 11.5 Å². The minimum Gasteiger partial charge on any atom is -0.457 e. The zero-order valence-corrected chi connectivity index (χ0v) is 11.5. The van der Waals surface area contributed by atoms with Crippen molar-refractivity contribution in [2.24, 2.45) is 0 Å². The van der Waals surface area contributed by atoms with Crippen LogP contribution in [0.15, 0.2) is 30.3 Å². The first-order chi connectivity index (χ1) is 9.01. The standard InChI is InChI=1S/C15H13ClN2O/c1-9-5-12(16)6-10(2)15(9)19-13-3-4-14(18)11(7-13)8-17/h3-7H,18H2,1-2H3. The molecule has 0 aliphatic heterocycles. The van der Waals surface area contributed by atoms with E-state index in [1.54, 1.807) is 18.2 Å².